The maximum Gasteiger partial charge on any atom is 0.134 e. The predicted molar refractivity (Wildman–Crippen MR) is 69.7 cm³/mol. The van der Waals surface area contributed by atoms with Crippen molar-refractivity contribution in [2.75, 3.05) is 4.90 Å². The summed E-state index contributed by atoms with van der Waals surface area (Å²) in [5.74, 6) is 2.52. The van der Waals surface area contributed by atoms with E-state index in [1.54, 1.807) is 6.26 Å². The molecule has 0 amide bonds. The normalized spacial score (nSPS) is 14.8. The Bertz CT molecular complexity index is 517. The first kappa shape index (κ1) is 11.5. The van der Waals surface area contributed by atoms with E-state index in [0.29, 0.717) is 17.0 Å². The molecule has 2 heterocycles. The first-order valence-corrected chi connectivity index (χ1v) is 6.40. The molecule has 0 radical (unpaired) electrons. The summed E-state index contributed by atoms with van der Waals surface area (Å²) in [5.41, 5.74) is 0. The summed E-state index contributed by atoms with van der Waals surface area (Å²) in [4.78, 5) is 10.8. The molecule has 0 unspecified atom stereocenters. The highest BCUT2D eigenvalue weighted by Gasteiger charge is 2.31. The van der Waals surface area contributed by atoms with Crippen LogP contribution in [0.2, 0.25) is 5.15 Å². The average molecular weight is 264 g/mol. The van der Waals surface area contributed by atoms with E-state index in [1.807, 2.05) is 25.1 Å². The molecule has 1 saturated carbocycles. The quantitative estimate of drug-likeness (QED) is 0.795. The van der Waals surface area contributed by atoms with Crippen LogP contribution < -0.4 is 4.90 Å². The van der Waals surface area contributed by atoms with Gasteiger partial charge in [0.15, 0.2) is 0 Å². The minimum Gasteiger partial charge on any atom is -0.467 e. The molecule has 4 nitrogen and oxygen atoms in total. The van der Waals surface area contributed by atoms with Crippen LogP contribution in [0.5, 0.6) is 0 Å². The number of aryl methyl sites for hydroxylation is 1. The molecule has 2 aromatic rings. The molecule has 1 aliphatic rings. The van der Waals surface area contributed by atoms with Crippen LogP contribution in [0.4, 0.5) is 5.82 Å². The topological polar surface area (TPSA) is 42.2 Å². The Labute approximate surface area is 111 Å². The van der Waals surface area contributed by atoms with Crippen LogP contribution >= 0.6 is 11.6 Å². The number of hydrogen-bond donors (Lipinski definition) is 0. The Hall–Kier alpha value is -1.55. The van der Waals surface area contributed by atoms with Crippen molar-refractivity contribution < 1.29 is 4.42 Å². The van der Waals surface area contributed by atoms with Crippen LogP contribution in [0.25, 0.3) is 0 Å². The standard InChI is InChI=1S/C13H14ClN3O/c1-9-15-12(14)7-13(16-9)17(10-4-5-10)8-11-3-2-6-18-11/h2-3,6-7,10H,4-5,8H2,1H3. The number of rotatable bonds is 4. The maximum atomic E-state index is 6.00. The van der Waals surface area contributed by atoms with Gasteiger partial charge in [0.05, 0.1) is 12.8 Å². The molecule has 0 aliphatic heterocycles. The third-order valence-electron chi connectivity index (χ3n) is 2.98. The van der Waals surface area contributed by atoms with Crippen molar-refractivity contribution >= 4 is 17.4 Å². The molecular weight excluding hydrogens is 250 g/mol. The summed E-state index contributed by atoms with van der Waals surface area (Å²) in [5, 5.41) is 0.489. The van der Waals surface area contributed by atoms with Crippen LogP contribution in [-0.4, -0.2) is 16.0 Å². The largest absolute Gasteiger partial charge is 0.467 e. The van der Waals surface area contributed by atoms with E-state index in [1.165, 1.54) is 12.8 Å². The van der Waals surface area contributed by atoms with Crippen molar-refractivity contribution in [1.82, 2.24) is 9.97 Å². The molecule has 0 saturated heterocycles. The number of nitrogens with zero attached hydrogens (tertiary/aromatic N) is 3. The van der Waals surface area contributed by atoms with Gasteiger partial charge in [-0.25, -0.2) is 9.97 Å². The van der Waals surface area contributed by atoms with E-state index < -0.39 is 0 Å². The summed E-state index contributed by atoms with van der Waals surface area (Å²) in [6, 6.07) is 6.24. The van der Waals surface area contributed by atoms with E-state index in [0.717, 1.165) is 18.1 Å². The van der Waals surface area contributed by atoms with Gasteiger partial charge in [-0.3, -0.25) is 0 Å². The Morgan fingerprint density at radius 3 is 2.89 bits per heavy atom. The van der Waals surface area contributed by atoms with Crippen LogP contribution in [0, 0.1) is 6.92 Å². The summed E-state index contributed by atoms with van der Waals surface area (Å²) in [7, 11) is 0. The minimum absolute atomic E-state index is 0.489. The zero-order valence-corrected chi connectivity index (χ0v) is 10.9. The summed E-state index contributed by atoms with van der Waals surface area (Å²) in [6.45, 7) is 2.58. The van der Waals surface area contributed by atoms with Crippen molar-refractivity contribution in [1.29, 1.82) is 0 Å². The van der Waals surface area contributed by atoms with Crippen molar-refractivity contribution in [2.45, 2.75) is 32.4 Å². The third-order valence-corrected chi connectivity index (χ3v) is 3.17. The summed E-state index contributed by atoms with van der Waals surface area (Å²) in [6.07, 6.45) is 4.08. The van der Waals surface area contributed by atoms with Crippen LogP contribution in [0.3, 0.4) is 0 Å². The monoisotopic (exact) mass is 263 g/mol. The van der Waals surface area contributed by atoms with E-state index in [2.05, 4.69) is 14.9 Å². The Balaban J connectivity index is 1.89. The zero-order valence-electron chi connectivity index (χ0n) is 10.1. The highest BCUT2D eigenvalue weighted by Crippen LogP contribution is 2.32. The van der Waals surface area contributed by atoms with Crippen molar-refractivity contribution in [3.05, 3.63) is 41.2 Å². The van der Waals surface area contributed by atoms with Crippen LogP contribution in [0.1, 0.15) is 24.4 Å². The van der Waals surface area contributed by atoms with E-state index in [9.17, 15) is 0 Å². The zero-order chi connectivity index (χ0) is 12.5. The minimum atomic E-state index is 0.489. The van der Waals surface area contributed by atoms with Gasteiger partial charge in [0, 0.05) is 12.1 Å². The fourth-order valence-corrected chi connectivity index (χ4v) is 2.24. The van der Waals surface area contributed by atoms with Crippen molar-refractivity contribution in [2.24, 2.45) is 0 Å². The van der Waals surface area contributed by atoms with Crippen molar-refractivity contribution in [3.8, 4) is 0 Å². The van der Waals surface area contributed by atoms with E-state index >= 15 is 0 Å². The second-order valence-electron chi connectivity index (χ2n) is 4.53. The SMILES string of the molecule is Cc1nc(Cl)cc(N(Cc2ccco2)C2CC2)n1. The predicted octanol–water partition coefficient (Wildman–Crippen LogP) is 3.20. The number of aromatic nitrogens is 2. The van der Waals surface area contributed by atoms with Crippen LogP contribution in [-0.2, 0) is 6.54 Å². The van der Waals surface area contributed by atoms with Gasteiger partial charge in [-0.2, -0.15) is 0 Å². The van der Waals surface area contributed by atoms with Gasteiger partial charge >= 0.3 is 0 Å². The molecule has 0 atom stereocenters. The molecule has 0 N–H and O–H groups in total. The van der Waals surface area contributed by atoms with E-state index in [-0.39, 0.29) is 0 Å². The van der Waals surface area contributed by atoms with Gasteiger partial charge in [0.25, 0.3) is 0 Å². The lowest BCUT2D eigenvalue weighted by Crippen LogP contribution is -2.26. The molecule has 0 aromatic carbocycles. The number of hydrogen-bond acceptors (Lipinski definition) is 4. The molecular formula is C13H14ClN3O. The highest BCUT2D eigenvalue weighted by atomic mass is 35.5. The molecule has 3 rings (SSSR count). The number of anilines is 1. The smallest absolute Gasteiger partial charge is 0.134 e. The molecule has 1 aliphatic carbocycles. The Kier molecular flexibility index (Phi) is 2.96. The Morgan fingerprint density at radius 2 is 2.28 bits per heavy atom. The summed E-state index contributed by atoms with van der Waals surface area (Å²) < 4.78 is 5.41. The number of furan rings is 1. The second kappa shape index (κ2) is 4.61. The summed E-state index contributed by atoms with van der Waals surface area (Å²) >= 11 is 6.00. The van der Waals surface area contributed by atoms with Crippen molar-refractivity contribution in [3.63, 3.8) is 0 Å². The van der Waals surface area contributed by atoms with E-state index in [4.69, 9.17) is 16.0 Å². The number of halogens is 1. The van der Waals surface area contributed by atoms with Crippen LogP contribution in [0.15, 0.2) is 28.9 Å². The second-order valence-corrected chi connectivity index (χ2v) is 4.92. The highest BCUT2D eigenvalue weighted by molar-refractivity contribution is 6.29. The first-order chi connectivity index (χ1) is 8.72. The third kappa shape index (κ3) is 2.48. The molecule has 94 valence electrons. The Morgan fingerprint density at radius 1 is 1.44 bits per heavy atom. The van der Waals surface area contributed by atoms with Gasteiger partial charge < -0.3 is 9.32 Å². The molecule has 5 heteroatoms. The molecule has 18 heavy (non-hydrogen) atoms. The lowest BCUT2D eigenvalue weighted by Gasteiger charge is -2.22. The molecule has 2 aromatic heterocycles. The fraction of sp³-hybridized carbons (Fsp3) is 0.385. The molecule has 0 bridgehead atoms. The lowest BCUT2D eigenvalue weighted by atomic mass is 10.3. The van der Waals surface area contributed by atoms with Gasteiger partial charge in [0.2, 0.25) is 0 Å². The van der Waals surface area contributed by atoms with Gasteiger partial charge in [-0.15, -0.1) is 0 Å². The molecule has 0 spiro atoms. The fourth-order valence-electron chi connectivity index (χ4n) is 2.02. The molecule has 1 fully saturated rings. The maximum absolute atomic E-state index is 6.00. The van der Waals surface area contributed by atoms with Gasteiger partial charge in [-0.05, 0) is 31.9 Å². The van der Waals surface area contributed by atoms with Gasteiger partial charge in [-0.1, -0.05) is 11.6 Å². The first-order valence-electron chi connectivity index (χ1n) is 6.02. The lowest BCUT2D eigenvalue weighted by molar-refractivity contribution is 0.500. The van der Waals surface area contributed by atoms with Gasteiger partial charge in [0.1, 0.15) is 22.6 Å². The average Bonchev–Trinajstić information content (AvgIpc) is 3.02.